The Kier molecular flexibility index (Phi) is 5.11. The van der Waals surface area contributed by atoms with E-state index in [0.717, 1.165) is 25.7 Å². The summed E-state index contributed by atoms with van der Waals surface area (Å²) in [7, 11) is 2.02. The Morgan fingerprint density at radius 1 is 1.03 bits per heavy atom. The van der Waals surface area contributed by atoms with Gasteiger partial charge in [-0.2, -0.15) is 5.26 Å². The Morgan fingerprint density at radius 2 is 1.75 bits per heavy atom. The van der Waals surface area contributed by atoms with E-state index in [-0.39, 0.29) is 22.8 Å². The lowest BCUT2D eigenvalue weighted by molar-refractivity contribution is -0.157. The highest BCUT2D eigenvalue weighted by Crippen LogP contribution is 2.64. The summed E-state index contributed by atoms with van der Waals surface area (Å²) < 4.78 is 0. The molecule has 0 bridgehead atoms. The van der Waals surface area contributed by atoms with Gasteiger partial charge in [-0.15, -0.1) is 0 Å². The maximum atomic E-state index is 13.0. The highest BCUT2D eigenvalue weighted by atomic mass is 16.2. The molecule has 3 saturated carbocycles. The number of rotatable bonds is 2. The summed E-state index contributed by atoms with van der Waals surface area (Å²) in [4.78, 5) is 27.4. The molecule has 1 unspecified atom stereocenters. The molecular formula is C27H35N3O2. The Balaban J connectivity index is 1.33. The van der Waals surface area contributed by atoms with Gasteiger partial charge in [0.05, 0.1) is 11.6 Å². The topological polar surface area (TPSA) is 73.2 Å². The number of fused-ring (bicyclic) bond motifs is 5. The monoisotopic (exact) mass is 433 g/mol. The Hall–Kier alpha value is -2.35. The van der Waals surface area contributed by atoms with Crippen LogP contribution in [0.2, 0.25) is 0 Å². The largest absolute Gasteiger partial charge is 0.349 e. The molecule has 1 saturated heterocycles. The number of hydrogen-bond donors (Lipinski definition) is 1. The van der Waals surface area contributed by atoms with Crippen LogP contribution in [0.5, 0.6) is 0 Å². The van der Waals surface area contributed by atoms with Crippen LogP contribution in [0.4, 0.5) is 0 Å². The molecule has 5 nitrogen and oxygen atoms in total. The summed E-state index contributed by atoms with van der Waals surface area (Å²) in [5.74, 6) is 2.33. The van der Waals surface area contributed by atoms with Crippen molar-refractivity contribution in [3.05, 3.63) is 35.4 Å². The minimum Gasteiger partial charge on any atom is -0.349 e. The van der Waals surface area contributed by atoms with E-state index in [0.29, 0.717) is 47.3 Å². The van der Waals surface area contributed by atoms with Crippen molar-refractivity contribution in [1.29, 1.82) is 5.26 Å². The SMILES string of the molecule is CN1C(=O)CC[C@]2(C)[C@H]3CC[C@]4(C)C(NC(=O)c5ccc(C#N)cc5)CC[C@H]4[C@@H]3CC[C@@H]12. The van der Waals surface area contributed by atoms with Crippen molar-refractivity contribution in [2.24, 2.45) is 28.6 Å². The molecule has 0 radical (unpaired) electrons. The van der Waals surface area contributed by atoms with Gasteiger partial charge in [0.25, 0.3) is 5.91 Å². The van der Waals surface area contributed by atoms with E-state index in [1.165, 1.54) is 19.3 Å². The molecule has 1 aromatic carbocycles. The fourth-order valence-electron chi connectivity index (χ4n) is 8.33. The molecule has 0 spiro atoms. The van der Waals surface area contributed by atoms with Crippen LogP contribution in [0.15, 0.2) is 24.3 Å². The van der Waals surface area contributed by atoms with E-state index in [1.54, 1.807) is 24.3 Å². The van der Waals surface area contributed by atoms with Crippen molar-refractivity contribution in [3.8, 4) is 6.07 Å². The van der Waals surface area contributed by atoms with E-state index in [4.69, 9.17) is 5.26 Å². The predicted octanol–water partition coefficient (Wildman–Crippen LogP) is 4.52. The molecule has 4 fully saturated rings. The molecule has 1 aliphatic heterocycles. The first-order valence-corrected chi connectivity index (χ1v) is 12.3. The molecule has 2 amide bonds. The normalized spacial score (nSPS) is 40.6. The van der Waals surface area contributed by atoms with Gasteiger partial charge in [-0.3, -0.25) is 9.59 Å². The van der Waals surface area contributed by atoms with Crippen LogP contribution in [-0.4, -0.2) is 35.8 Å². The molecule has 3 aliphatic carbocycles. The number of nitrogens with zero attached hydrogens (tertiary/aromatic N) is 2. The van der Waals surface area contributed by atoms with Gasteiger partial charge in [-0.25, -0.2) is 0 Å². The number of nitrogens with one attached hydrogen (secondary N) is 1. The van der Waals surface area contributed by atoms with E-state index >= 15 is 0 Å². The smallest absolute Gasteiger partial charge is 0.251 e. The summed E-state index contributed by atoms with van der Waals surface area (Å²) in [5, 5.41) is 12.4. The summed E-state index contributed by atoms with van der Waals surface area (Å²) >= 11 is 0. The summed E-state index contributed by atoms with van der Waals surface area (Å²) in [6.07, 6.45) is 8.64. The maximum Gasteiger partial charge on any atom is 0.251 e. The number of carbonyl (C=O) groups excluding carboxylic acids is 2. The van der Waals surface area contributed by atoms with Gasteiger partial charge in [-0.1, -0.05) is 13.8 Å². The number of benzene rings is 1. The molecule has 1 aromatic rings. The van der Waals surface area contributed by atoms with Gasteiger partial charge in [0.1, 0.15) is 0 Å². The van der Waals surface area contributed by atoms with Gasteiger partial charge in [0.2, 0.25) is 5.91 Å². The molecular weight excluding hydrogens is 398 g/mol. The average molecular weight is 434 g/mol. The van der Waals surface area contributed by atoms with Crippen LogP contribution >= 0.6 is 0 Å². The molecule has 5 heteroatoms. The predicted molar refractivity (Wildman–Crippen MR) is 123 cm³/mol. The number of carbonyl (C=O) groups is 2. The minimum absolute atomic E-state index is 0.0217. The molecule has 1 heterocycles. The summed E-state index contributed by atoms with van der Waals surface area (Å²) in [5.41, 5.74) is 1.58. The maximum absolute atomic E-state index is 13.0. The van der Waals surface area contributed by atoms with Crippen molar-refractivity contribution in [2.75, 3.05) is 7.05 Å². The summed E-state index contributed by atoms with van der Waals surface area (Å²) in [6.45, 7) is 4.87. The van der Waals surface area contributed by atoms with Crippen LogP contribution in [0.25, 0.3) is 0 Å². The Bertz CT molecular complexity index is 966. The standard InChI is InChI=1S/C27H35N3O2/c1-26-14-12-21-19(8-11-23-27(21,2)15-13-24(31)30(23)3)20(26)9-10-22(26)29-25(32)18-6-4-17(16-28)5-7-18/h4-7,19-23H,8-15H2,1-3H3,(H,29,32)/t19-,20-,21-,22?,23+,26-,27+/m0/s1. The number of nitriles is 1. The van der Waals surface area contributed by atoms with Gasteiger partial charge < -0.3 is 10.2 Å². The van der Waals surface area contributed by atoms with E-state index in [9.17, 15) is 9.59 Å². The molecule has 4 aliphatic rings. The van der Waals surface area contributed by atoms with E-state index in [1.807, 2.05) is 7.05 Å². The second kappa shape index (κ2) is 7.61. The Morgan fingerprint density at radius 3 is 2.47 bits per heavy atom. The molecule has 0 aromatic heterocycles. The number of amides is 2. The third kappa shape index (κ3) is 3.10. The van der Waals surface area contributed by atoms with Crippen LogP contribution in [-0.2, 0) is 4.79 Å². The van der Waals surface area contributed by atoms with Crippen molar-refractivity contribution < 1.29 is 9.59 Å². The van der Waals surface area contributed by atoms with Crippen molar-refractivity contribution >= 4 is 11.8 Å². The molecule has 7 atom stereocenters. The fraction of sp³-hybridized carbons (Fsp3) is 0.667. The lowest BCUT2D eigenvalue weighted by Gasteiger charge is -2.61. The second-order valence-electron chi connectivity index (χ2n) is 11.3. The molecule has 32 heavy (non-hydrogen) atoms. The van der Waals surface area contributed by atoms with Gasteiger partial charge in [-0.05, 0) is 97.8 Å². The fourth-order valence-corrected chi connectivity index (χ4v) is 8.33. The van der Waals surface area contributed by atoms with Gasteiger partial charge in [0, 0.05) is 31.1 Å². The Labute approximate surface area is 191 Å². The lowest BCUT2D eigenvalue weighted by atomic mass is 9.47. The molecule has 1 N–H and O–H groups in total. The zero-order valence-corrected chi connectivity index (χ0v) is 19.6. The van der Waals surface area contributed by atoms with Crippen molar-refractivity contribution in [2.45, 2.75) is 77.3 Å². The van der Waals surface area contributed by atoms with Crippen molar-refractivity contribution in [1.82, 2.24) is 10.2 Å². The minimum atomic E-state index is -0.0217. The second-order valence-corrected chi connectivity index (χ2v) is 11.3. The first kappa shape index (κ1) is 21.5. The number of piperidine rings is 1. The van der Waals surface area contributed by atoms with E-state index < -0.39 is 0 Å². The van der Waals surface area contributed by atoms with Crippen LogP contribution < -0.4 is 5.32 Å². The number of likely N-dealkylation sites (tertiary alicyclic amines) is 1. The van der Waals surface area contributed by atoms with Gasteiger partial charge in [0.15, 0.2) is 0 Å². The quantitative estimate of drug-likeness (QED) is 0.745. The molecule has 5 rings (SSSR count). The highest BCUT2D eigenvalue weighted by molar-refractivity contribution is 5.94. The molecule has 170 valence electrons. The van der Waals surface area contributed by atoms with E-state index in [2.05, 4.69) is 30.1 Å². The van der Waals surface area contributed by atoms with Crippen LogP contribution in [0.3, 0.4) is 0 Å². The number of hydrogen-bond acceptors (Lipinski definition) is 3. The lowest BCUT2D eigenvalue weighted by Crippen LogP contribution is -2.62. The van der Waals surface area contributed by atoms with Crippen molar-refractivity contribution in [3.63, 3.8) is 0 Å². The third-order valence-corrected chi connectivity index (χ3v) is 10.1. The zero-order chi connectivity index (χ0) is 22.7. The zero-order valence-electron chi connectivity index (χ0n) is 19.6. The summed E-state index contributed by atoms with van der Waals surface area (Å²) in [6, 6.07) is 9.64. The van der Waals surface area contributed by atoms with Gasteiger partial charge >= 0.3 is 0 Å². The first-order chi connectivity index (χ1) is 15.3. The average Bonchev–Trinajstić information content (AvgIpc) is 3.13. The highest BCUT2D eigenvalue weighted by Gasteiger charge is 2.61. The van der Waals surface area contributed by atoms with Crippen LogP contribution in [0, 0.1) is 39.9 Å². The third-order valence-electron chi connectivity index (χ3n) is 10.1. The first-order valence-electron chi connectivity index (χ1n) is 12.3. The van der Waals surface area contributed by atoms with Crippen LogP contribution in [0.1, 0.15) is 81.1 Å².